The molecule has 0 radical (unpaired) electrons. The molecule has 1 aliphatic heterocycles. The zero-order valence-electron chi connectivity index (χ0n) is 12.7. The van der Waals surface area contributed by atoms with E-state index in [1.165, 1.54) is 0 Å². The minimum Gasteiger partial charge on any atom is -0.481 e. The fourth-order valence-corrected chi connectivity index (χ4v) is 2.65. The molecule has 0 unspecified atom stereocenters. The summed E-state index contributed by atoms with van der Waals surface area (Å²) >= 11 is 5.91. The molecule has 1 aliphatic rings. The largest absolute Gasteiger partial charge is 0.481 e. The number of hydrogen-bond donors (Lipinski definition) is 1. The van der Waals surface area contributed by atoms with Crippen molar-refractivity contribution in [1.29, 1.82) is 0 Å². The normalized spacial score (nSPS) is 20.9. The third-order valence-electron chi connectivity index (χ3n) is 3.70. The van der Waals surface area contributed by atoms with Crippen molar-refractivity contribution in [2.45, 2.75) is 51.9 Å². The molecule has 4 nitrogen and oxygen atoms in total. The maximum Gasteiger partial charge on any atom is 0.261 e. The Hall–Kier alpha value is -1.26. The fourth-order valence-electron chi connectivity index (χ4n) is 2.42. The lowest BCUT2D eigenvalue weighted by Gasteiger charge is -2.23. The van der Waals surface area contributed by atoms with Crippen LogP contribution in [0.15, 0.2) is 18.2 Å². The molecule has 1 N–H and O–H groups in total. The van der Waals surface area contributed by atoms with Gasteiger partial charge in [-0.25, -0.2) is 0 Å². The number of carbonyl (C=O) groups is 1. The smallest absolute Gasteiger partial charge is 0.261 e. The zero-order valence-corrected chi connectivity index (χ0v) is 13.4. The monoisotopic (exact) mass is 311 g/mol. The third-order valence-corrected chi connectivity index (χ3v) is 3.94. The van der Waals surface area contributed by atoms with Crippen LogP contribution in [0.25, 0.3) is 0 Å². The van der Waals surface area contributed by atoms with E-state index in [-0.39, 0.29) is 18.1 Å². The molecular weight excluding hydrogens is 290 g/mol. The number of benzene rings is 1. The first-order chi connectivity index (χ1) is 9.97. The molecule has 0 aliphatic carbocycles. The summed E-state index contributed by atoms with van der Waals surface area (Å²) < 4.78 is 11.3. The highest BCUT2D eigenvalue weighted by atomic mass is 35.5. The number of rotatable bonds is 5. The van der Waals surface area contributed by atoms with Crippen molar-refractivity contribution >= 4 is 17.5 Å². The Balaban J connectivity index is 1.89. The van der Waals surface area contributed by atoms with E-state index in [0.29, 0.717) is 10.8 Å². The van der Waals surface area contributed by atoms with Gasteiger partial charge in [-0.2, -0.15) is 0 Å². The van der Waals surface area contributed by atoms with Crippen molar-refractivity contribution < 1.29 is 14.3 Å². The van der Waals surface area contributed by atoms with Crippen LogP contribution in [0.2, 0.25) is 5.02 Å². The lowest BCUT2D eigenvalue weighted by molar-refractivity contribution is -0.128. The van der Waals surface area contributed by atoms with Gasteiger partial charge in [0.1, 0.15) is 5.75 Å². The first kappa shape index (κ1) is 16.1. The molecule has 0 aromatic heterocycles. The number of hydrogen-bond acceptors (Lipinski definition) is 3. The second-order valence-corrected chi connectivity index (χ2v) is 5.96. The lowest BCUT2D eigenvalue weighted by atomic mass is 10.1. The molecule has 1 aromatic rings. The van der Waals surface area contributed by atoms with Crippen LogP contribution in [-0.4, -0.2) is 30.8 Å². The van der Waals surface area contributed by atoms with Gasteiger partial charge in [0.25, 0.3) is 5.91 Å². The zero-order chi connectivity index (χ0) is 15.4. The summed E-state index contributed by atoms with van der Waals surface area (Å²) in [6.07, 6.45) is 1.60. The van der Waals surface area contributed by atoms with Gasteiger partial charge in [-0.05, 0) is 57.4 Å². The van der Waals surface area contributed by atoms with Gasteiger partial charge in [0, 0.05) is 11.6 Å². The Morgan fingerprint density at radius 2 is 2.24 bits per heavy atom. The number of amides is 1. The molecule has 2 rings (SSSR count). The van der Waals surface area contributed by atoms with Crippen molar-refractivity contribution in [2.24, 2.45) is 0 Å². The van der Waals surface area contributed by atoms with Crippen molar-refractivity contribution in [3.8, 4) is 5.75 Å². The van der Waals surface area contributed by atoms with Crippen LogP contribution in [0.5, 0.6) is 5.75 Å². The van der Waals surface area contributed by atoms with Crippen LogP contribution in [0.4, 0.5) is 0 Å². The van der Waals surface area contributed by atoms with Gasteiger partial charge in [-0.15, -0.1) is 0 Å². The maximum atomic E-state index is 12.2. The molecule has 21 heavy (non-hydrogen) atoms. The average molecular weight is 312 g/mol. The third kappa shape index (κ3) is 4.35. The summed E-state index contributed by atoms with van der Waals surface area (Å²) in [7, 11) is 0. The van der Waals surface area contributed by atoms with E-state index < -0.39 is 6.10 Å². The first-order valence-corrected chi connectivity index (χ1v) is 7.70. The van der Waals surface area contributed by atoms with Crippen LogP contribution in [0, 0.1) is 6.92 Å². The van der Waals surface area contributed by atoms with E-state index >= 15 is 0 Å². The molecule has 1 aromatic carbocycles. The molecule has 0 spiro atoms. The number of ether oxygens (including phenoxy) is 2. The van der Waals surface area contributed by atoms with E-state index in [4.69, 9.17) is 21.1 Å². The van der Waals surface area contributed by atoms with Gasteiger partial charge in [-0.1, -0.05) is 11.6 Å². The maximum absolute atomic E-state index is 12.2. The summed E-state index contributed by atoms with van der Waals surface area (Å²) in [4.78, 5) is 12.2. The Labute approximate surface area is 130 Å². The molecule has 5 heteroatoms. The summed E-state index contributed by atoms with van der Waals surface area (Å²) in [6, 6.07) is 5.35. The van der Waals surface area contributed by atoms with Crippen molar-refractivity contribution in [2.75, 3.05) is 6.61 Å². The summed E-state index contributed by atoms with van der Waals surface area (Å²) in [5.74, 6) is 0.541. The molecule has 3 atom stereocenters. The Morgan fingerprint density at radius 3 is 2.86 bits per heavy atom. The highest BCUT2D eigenvalue weighted by Gasteiger charge is 2.26. The molecule has 0 saturated carbocycles. The summed E-state index contributed by atoms with van der Waals surface area (Å²) in [5, 5.41) is 3.61. The van der Waals surface area contributed by atoms with Crippen LogP contribution in [-0.2, 0) is 9.53 Å². The molecule has 0 bridgehead atoms. The Bertz CT molecular complexity index is 500. The van der Waals surface area contributed by atoms with Gasteiger partial charge in [0.15, 0.2) is 6.10 Å². The van der Waals surface area contributed by atoms with E-state index in [1.54, 1.807) is 19.1 Å². The van der Waals surface area contributed by atoms with E-state index in [1.807, 2.05) is 19.9 Å². The van der Waals surface area contributed by atoms with Gasteiger partial charge in [-0.3, -0.25) is 4.79 Å². The summed E-state index contributed by atoms with van der Waals surface area (Å²) in [6.45, 7) is 6.39. The Kier molecular flexibility index (Phi) is 5.48. The van der Waals surface area contributed by atoms with Crippen molar-refractivity contribution in [1.82, 2.24) is 5.32 Å². The second kappa shape index (κ2) is 7.14. The standard InChI is InChI=1S/C16H22ClNO3/c1-10-9-13(17)6-7-14(10)21-12(3)16(19)18-11(2)15-5-4-8-20-15/h6-7,9,11-12,15H,4-5,8H2,1-3H3,(H,18,19)/t11-,12+,15+/m0/s1. The van der Waals surface area contributed by atoms with Crippen LogP contribution in [0.3, 0.4) is 0 Å². The molecular formula is C16H22ClNO3. The molecule has 1 heterocycles. The topological polar surface area (TPSA) is 47.6 Å². The van der Waals surface area contributed by atoms with Crippen molar-refractivity contribution in [3.05, 3.63) is 28.8 Å². The first-order valence-electron chi connectivity index (χ1n) is 7.32. The molecule has 1 amide bonds. The Morgan fingerprint density at radius 1 is 1.48 bits per heavy atom. The van der Waals surface area contributed by atoms with Gasteiger partial charge in [0.05, 0.1) is 12.1 Å². The average Bonchev–Trinajstić information content (AvgIpc) is 2.95. The second-order valence-electron chi connectivity index (χ2n) is 5.52. The van der Waals surface area contributed by atoms with Crippen LogP contribution < -0.4 is 10.1 Å². The fraction of sp³-hybridized carbons (Fsp3) is 0.562. The number of nitrogens with one attached hydrogen (secondary N) is 1. The van der Waals surface area contributed by atoms with Gasteiger partial charge in [0.2, 0.25) is 0 Å². The SMILES string of the molecule is Cc1cc(Cl)ccc1O[C@H](C)C(=O)N[C@@H](C)[C@H]1CCCO1. The molecule has 1 saturated heterocycles. The number of aryl methyl sites for hydroxylation is 1. The van der Waals surface area contributed by atoms with Gasteiger partial charge >= 0.3 is 0 Å². The highest BCUT2D eigenvalue weighted by Crippen LogP contribution is 2.23. The minimum absolute atomic E-state index is 0.00244. The lowest BCUT2D eigenvalue weighted by Crippen LogP contribution is -2.46. The van der Waals surface area contributed by atoms with Crippen LogP contribution >= 0.6 is 11.6 Å². The van der Waals surface area contributed by atoms with E-state index in [9.17, 15) is 4.79 Å². The quantitative estimate of drug-likeness (QED) is 0.909. The van der Waals surface area contributed by atoms with E-state index in [0.717, 1.165) is 25.0 Å². The summed E-state index contributed by atoms with van der Waals surface area (Å²) in [5.41, 5.74) is 0.911. The van der Waals surface area contributed by atoms with Crippen LogP contribution in [0.1, 0.15) is 32.3 Å². The van der Waals surface area contributed by atoms with Gasteiger partial charge < -0.3 is 14.8 Å². The molecule has 1 fully saturated rings. The highest BCUT2D eigenvalue weighted by molar-refractivity contribution is 6.30. The molecule has 116 valence electrons. The predicted octanol–water partition coefficient (Wildman–Crippen LogP) is 3.10. The van der Waals surface area contributed by atoms with Crippen molar-refractivity contribution in [3.63, 3.8) is 0 Å². The van der Waals surface area contributed by atoms with E-state index in [2.05, 4.69) is 5.32 Å². The number of halogens is 1. The number of carbonyl (C=O) groups excluding carboxylic acids is 1. The predicted molar refractivity (Wildman–Crippen MR) is 82.9 cm³/mol. The minimum atomic E-state index is -0.561.